The SMILES string of the molecule is CC(C)C(CN)c1cncn1C1CC2CCC1C2. The first-order chi connectivity index (χ1) is 8.70. The van der Waals surface area contributed by atoms with Crippen molar-refractivity contribution < 1.29 is 0 Å². The maximum absolute atomic E-state index is 5.97. The number of aromatic nitrogens is 2. The molecule has 2 fully saturated rings. The largest absolute Gasteiger partial charge is 0.331 e. The van der Waals surface area contributed by atoms with Gasteiger partial charge in [-0.3, -0.25) is 0 Å². The Kier molecular flexibility index (Phi) is 3.18. The van der Waals surface area contributed by atoms with Crippen LogP contribution in [0.25, 0.3) is 0 Å². The van der Waals surface area contributed by atoms with Crippen molar-refractivity contribution in [2.45, 2.75) is 51.5 Å². The van der Waals surface area contributed by atoms with E-state index in [0.717, 1.165) is 18.4 Å². The smallest absolute Gasteiger partial charge is 0.0950 e. The van der Waals surface area contributed by atoms with E-state index in [9.17, 15) is 0 Å². The van der Waals surface area contributed by atoms with Gasteiger partial charge < -0.3 is 10.3 Å². The maximum atomic E-state index is 5.97. The molecule has 3 rings (SSSR count). The lowest BCUT2D eigenvalue weighted by atomic mass is 9.90. The van der Waals surface area contributed by atoms with Crippen LogP contribution in [0, 0.1) is 17.8 Å². The molecular weight excluding hydrogens is 222 g/mol. The molecule has 4 atom stereocenters. The Morgan fingerprint density at radius 2 is 2.22 bits per heavy atom. The second-order valence-corrected chi connectivity index (χ2v) is 6.55. The summed E-state index contributed by atoms with van der Waals surface area (Å²) in [7, 11) is 0. The van der Waals surface area contributed by atoms with E-state index >= 15 is 0 Å². The van der Waals surface area contributed by atoms with Crippen molar-refractivity contribution in [1.29, 1.82) is 0 Å². The fourth-order valence-electron chi connectivity index (χ4n) is 4.17. The van der Waals surface area contributed by atoms with E-state index in [0.29, 0.717) is 17.9 Å². The van der Waals surface area contributed by atoms with Gasteiger partial charge in [0, 0.05) is 30.4 Å². The average Bonchev–Trinajstić information content (AvgIpc) is 3.04. The predicted molar refractivity (Wildman–Crippen MR) is 73.3 cm³/mol. The lowest BCUT2D eigenvalue weighted by molar-refractivity contribution is 0.313. The van der Waals surface area contributed by atoms with Crippen LogP contribution < -0.4 is 5.73 Å². The first kappa shape index (κ1) is 12.2. The molecule has 2 aliphatic rings. The fraction of sp³-hybridized carbons (Fsp3) is 0.800. The molecule has 1 aromatic rings. The topological polar surface area (TPSA) is 43.8 Å². The molecule has 2 aliphatic carbocycles. The Morgan fingerprint density at radius 1 is 1.39 bits per heavy atom. The summed E-state index contributed by atoms with van der Waals surface area (Å²) in [6, 6.07) is 0.703. The van der Waals surface area contributed by atoms with E-state index in [1.54, 1.807) is 0 Å². The van der Waals surface area contributed by atoms with Crippen LogP contribution in [0.5, 0.6) is 0 Å². The van der Waals surface area contributed by atoms with Crippen molar-refractivity contribution in [2.75, 3.05) is 6.54 Å². The Balaban J connectivity index is 1.87. The van der Waals surface area contributed by atoms with E-state index in [-0.39, 0.29) is 0 Å². The van der Waals surface area contributed by atoms with Crippen LogP contribution in [0.15, 0.2) is 12.5 Å². The molecule has 100 valence electrons. The van der Waals surface area contributed by atoms with Crippen LogP contribution in [-0.2, 0) is 0 Å². The van der Waals surface area contributed by atoms with Gasteiger partial charge in [0.25, 0.3) is 0 Å². The van der Waals surface area contributed by atoms with Crippen LogP contribution in [-0.4, -0.2) is 16.1 Å². The summed E-state index contributed by atoms with van der Waals surface area (Å²) in [5.74, 6) is 2.91. The minimum absolute atomic E-state index is 0.451. The number of nitrogens with zero attached hydrogens (tertiary/aromatic N) is 2. The van der Waals surface area contributed by atoms with Gasteiger partial charge in [-0.15, -0.1) is 0 Å². The zero-order valence-electron chi connectivity index (χ0n) is 11.5. The first-order valence-electron chi connectivity index (χ1n) is 7.42. The van der Waals surface area contributed by atoms with Gasteiger partial charge in [-0.2, -0.15) is 0 Å². The van der Waals surface area contributed by atoms with Crippen LogP contribution in [0.2, 0.25) is 0 Å². The van der Waals surface area contributed by atoms with Crippen molar-refractivity contribution in [3.05, 3.63) is 18.2 Å². The second-order valence-electron chi connectivity index (χ2n) is 6.55. The Hall–Kier alpha value is -0.830. The number of fused-ring (bicyclic) bond motifs is 2. The summed E-state index contributed by atoms with van der Waals surface area (Å²) in [4.78, 5) is 4.41. The third-order valence-corrected chi connectivity index (χ3v) is 5.19. The van der Waals surface area contributed by atoms with E-state index in [1.807, 2.05) is 12.5 Å². The molecule has 18 heavy (non-hydrogen) atoms. The van der Waals surface area contributed by atoms with Gasteiger partial charge in [-0.25, -0.2) is 4.98 Å². The fourth-order valence-corrected chi connectivity index (χ4v) is 4.17. The highest BCUT2D eigenvalue weighted by Gasteiger charge is 2.41. The van der Waals surface area contributed by atoms with Crippen LogP contribution in [0.1, 0.15) is 57.2 Å². The summed E-state index contributed by atoms with van der Waals surface area (Å²) in [6.07, 6.45) is 9.77. The van der Waals surface area contributed by atoms with Gasteiger partial charge in [0.1, 0.15) is 0 Å². The molecule has 2 N–H and O–H groups in total. The number of hydrogen-bond donors (Lipinski definition) is 1. The third kappa shape index (κ3) is 1.89. The summed E-state index contributed by atoms with van der Waals surface area (Å²) in [5, 5.41) is 0. The molecule has 2 saturated carbocycles. The molecular formula is C15H25N3. The van der Waals surface area contributed by atoms with Crippen molar-refractivity contribution in [2.24, 2.45) is 23.5 Å². The van der Waals surface area contributed by atoms with Gasteiger partial charge in [-0.05, 0) is 37.0 Å². The zero-order valence-corrected chi connectivity index (χ0v) is 11.5. The average molecular weight is 247 g/mol. The third-order valence-electron chi connectivity index (χ3n) is 5.19. The van der Waals surface area contributed by atoms with Crippen molar-refractivity contribution in [3.63, 3.8) is 0 Å². The molecule has 2 bridgehead atoms. The normalized spacial score (nSPS) is 32.3. The molecule has 0 saturated heterocycles. The van der Waals surface area contributed by atoms with E-state index in [1.165, 1.54) is 31.4 Å². The molecule has 0 aromatic carbocycles. The highest BCUT2D eigenvalue weighted by molar-refractivity contribution is 5.11. The van der Waals surface area contributed by atoms with Crippen LogP contribution >= 0.6 is 0 Å². The molecule has 0 radical (unpaired) electrons. The molecule has 0 amide bonds. The number of nitrogens with two attached hydrogens (primary N) is 1. The standard InChI is InChI=1S/C15H25N3/c1-10(2)13(7-16)15-8-17-9-18(15)14-6-11-3-4-12(14)5-11/h8-14H,3-7,16H2,1-2H3. The van der Waals surface area contributed by atoms with Crippen LogP contribution in [0.3, 0.4) is 0 Å². The van der Waals surface area contributed by atoms with Crippen molar-refractivity contribution >= 4 is 0 Å². The molecule has 4 unspecified atom stereocenters. The van der Waals surface area contributed by atoms with Gasteiger partial charge >= 0.3 is 0 Å². The van der Waals surface area contributed by atoms with E-state index in [4.69, 9.17) is 5.73 Å². The van der Waals surface area contributed by atoms with Gasteiger partial charge in [0.15, 0.2) is 0 Å². The molecule has 1 aromatic heterocycles. The van der Waals surface area contributed by atoms with Crippen LogP contribution in [0.4, 0.5) is 0 Å². The lowest BCUT2D eigenvalue weighted by Crippen LogP contribution is -2.24. The predicted octanol–water partition coefficient (Wildman–Crippen LogP) is 2.94. The highest BCUT2D eigenvalue weighted by Crippen LogP contribution is 2.51. The highest BCUT2D eigenvalue weighted by atomic mass is 15.1. The Labute approximate surface area is 110 Å². The maximum Gasteiger partial charge on any atom is 0.0950 e. The zero-order chi connectivity index (χ0) is 12.7. The molecule has 0 aliphatic heterocycles. The summed E-state index contributed by atoms with van der Waals surface area (Å²) < 4.78 is 2.46. The summed E-state index contributed by atoms with van der Waals surface area (Å²) in [5.41, 5.74) is 7.33. The summed E-state index contributed by atoms with van der Waals surface area (Å²) >= 11 is 0. The van der Waals surface area contributed by atoms with Gasteiger partial charge in [0.2, 0.25) is 0 Å². The monoisotopic (exact) mass is 247 g/mol. The Morgan fingerprint density at radius 3 is 2.78 bits per heavy atom. The van der Waals surface area contributed by atoms with E-state index in [2.05, 4.69) is 23.4 Å². The Bertz CT molecular complexity index is 410. The quantitative estimate of drug-likeness (QED) is 0.889. The minimum Gasteiger partial charge on any atom is -0.331 e. The molecule has 3 nitrogen and oxygen atoms in total. The van der Waals surface area contributed by atoms with Gasteiger partial charge in [0.05, 0.1) is 6.33 Å². The summed E-state index contributed by atoms with van der Waals surface area (Å²) in [6.45, 7) is 5.25. The number of rotatable bonds is 4. The lowest BCUT2D eigenvalue weighted by Gasteiger charge is -2.28. The van der Waals surface area contributed by atoms with Crippen molar-refractivity contribution in [3.8, 4) is 0 Å². The molecule has 1 heterocycles. The number of imidazole rings is 1. The van der Waals surface area contributed by atoms with E-state index < -0.39 is 0 Å². The second kappa shape index (κ2) is 4.69. The van der Waals surface area contributed by atoms with Crippen molar-refractivity contribution in [1.82, 2.24) is 9.55 Å². The molecule has 0 spiro atoms. The number of hydrogen-bond acceptors (Lipinski definition) is 2. The minimum atomic E-state index is 0.451. The van der Waals surface area contributed by atoms with Gasteiger partial charge in [-0.1, -0.05) is 20.3 Å². The molecule has 3 heteroatoms. The first-order valence-corrected chi connectivity index (χ1v) is 7.42.